The second-order valence-corrected chi connectivity index (χ2v) is 12.7. The maximum Gasteiger partial charge on any atom is 0.354 e. The number of carbonyl (C=O) groups excluding carboxylic acids is 2. The summed E-state index contributed by atoms with van der Waals surface area (Å²) in [5.74, 6) is -4.34. The highest BCUT2D eigenvalue weighted by Crippen LogP contribution is 2.49. The van der Waals surface area contributed by atoms with Crippen molar-refractivity contribution in [3.63, 3.8) is 0 Å². The van der Waals surface area contributed by atoms with Gasteiger partial charge < -0.3 is 20.2 Å². The monoisotopic (exact) mass is 663 g/mol. The van der Waals surface area contributed by atoms with Crippen LogP contribution in [0.3, 0.4) is 0 Å². The first kappa shape index (κ1) is 32.0. The van der Waals surface area contributed by atoms with Gasteiger partial charge in [0.05, 0.1) is 50.8 Å². The molecule has 1 fully saturated rings. The van der Waals surface area contributed by atoms with Crippen LogP contribution in [0.5, 0.6) is 5.75 Å². The number of fused-ring (bicyclic) bond motifs is 2. The normalized spacial score (nSPS) is 17.6. The number of aromatic hydroxyl groups is 1. The molecule has 2 atom stereocenters. The molecule has 11 nitrogen and oxygen atoms in total. The van der Waals surface area contributed by atoms with Crippen molar-refractivity contribution < 1.29 is 23.5 Å². The molecule has 0 radical (unpaired) electrons. The summed E-state index contributed by atoms with van der Waals surface area (Å²) in [5.41, 5.74) is -1.25. The first-order valence-electron chi connectivity index (χ1n) is 15.1. The second kappa shape index (κ2) is 11.7. The zero-order valence-electron chi connectivity index (χ0n) is 26.3. The van der Waals surface area contributed by atoms with Gasteiger partial charge in [-0.25, -0.2) is 23.5 Å². The fourth-order valence-corrected chi connectivity index (χ4v) is 6.81. The highest BCUT2D eigenvalue weighted by molar-refractivity contribution is 6.39. The van der Waals surface area contributed by atoms with E-state index in [0.717, 1.165) is 12.1 Å². The first-order chi connectivity index (χ1) is 22.3. The number of hydrogen-bond acceptors (Lipinski definition) is 8. The van der Waals surface area contributed by atoms with Gasteiger partial charge in [-0.1, -0.05) is 51.9 Å². The number of nitrogens with zero attached hydrogens (tertiary/aromatic N) is 6. The molecule has 4 heterocycles. The third-order valence-corrected chi connectivity index (χ3v) is 9.02. The topological polar surface area (TPSA) is 134 Å². The lowest BCUT2D eigenvalue weighted by Gasteiger charge is -2.44. The number of benzene rings is 2. The molecule has 244 valence electrons. The SMILES string of the molecule is C=CC(=O)N1CC2C(=O)Nc3c(F)c(-c4c(O)cccc4F)c(Cl)c4c3c(nc(=O)n4-c3c(C(C)C)ncnc3C(C)C)N2CC1C. The van der Waals surface area contributed by atoms with Crippen LogP contribution in [0.15, 0.2) is 42.0 Å². The van der Waals surface area contributed by atoms with E-state index in [4.69, 9.17) is 11.6 Å². The molecular weight excluding hydrogens is 632 g/mol. The van der Waals surface area contributed by atoms with Crippen molar-refractivity contribution in [1.29, 1.82) is 0 Å². The number of halogens is 3. The Bertz CT molecular complexity index is 2020. The maximum absolute atomic E-state index is 16.9. The Morgan fingerprint density at radius 3 is 2.36 bits per heavy atom. The quantitative estimate of drug-likeness (QED) is 0.276. The summed E-state index contributed by atoms with van der Waals surface area (Å²) in [6.07, 6.45) is 2.53. The van der Waals surface area contributed by atoms with Crippen LogP contribution in [0, 0.1) is 11.6 Å². The molecule has 2 aliphatic heterocycles. The van der Waals surface area contributed by atoms with Gasteiger partial charge in [0.1, 0.15) is 29.8 Å². The number of hydrogen-bond donors (Lipinski definition) is 2. The van der Waals surface area contributed by atoms with E-state index in [1.54, 1.807) is 11.8 Å². The number of rotatable bonds is 5. The number of carbonyl (C=O) groups is 2. The Morgan fingerprint density at radius 2 is 1.77 bits per heavy atom. The molecule has 0 spiro atoms. The molecule has 47 heavy (non-hydrogen) atoms. The first-order valence-corrected chi connectivity index (χ1v) is 15.5. The summed E-state index contributed by atoms with van der Waals surface area (Å²) in [6, 6.07) is 1.90. The lowest BCUT2D eigenvalue weighted by Crippen LogP contribution is -2.62. The largest absolute Gasteiger partial charge is 0.507 e. The van der Waals surface area contributed by atoms with E-state index >= 15 is 8.78 Å². The van der Waals surface area contributed by atoms with Crippen molar-refractivity contribution in [2.45, 2.75) is 58.5 Å². The number of anilines is 2. The van der Waals surface area contributed by atoms with Gasteiger partial charge in [-0.05, 0) is 37.0 Å². The summed E-state index contributed by atoms with van der Waals surface area (Å²) in [7, 11) is 0. The van der Waals surface area contributed by atoms with Gasteiger partial charge in [0.25, 0.3) is 0 Å². The fourth-order valence-electron chi connectivity index (χ4n) is 6.46. The summed E-state index contributed by atoms with van der Waals surface area (Å²) in [4.78, 5) is 57.4. The second-order valence-electron chi connectivity index (χ2n) is 12.3. The van der Waals surface area contributed by atoms with Gasteiger partial charge in [0, 0.05) is 18.2 Å². The summed E-state index contributed by atoms with van der Waals surface area (Å²) >= 11 is 7.08. The minimum absolute atomic E-state index is 0.0218. The minimum Gasteiger partial charge on any atom is -0.507 e. The molecule has 6 rings (SSSR count). The predicted molar refractivity (Wildman–Crippen MR) is 174 cm³/mol. The molecule has 2 aromatic heterocycles. The molecule has 0 bridgehead atoms. The van der Waals surface area contributed by atoms with E-state index < -0.39 is 68.8 Å². The van der Waals surface area contributed by atoms with Gasteiger partial charge in [-0.15, -0.1) is 0 Å². The van der Waals surface area contributed by atoms with Crippen LogP contribution in [-0.4, -0.2) is 66.5 Å². The van der Waals surface area contributed by atoms with Gasteiger partial charge in [0.2, 0.25) is 11.8 Å². The van der Waals surface area contributed by atoms with Crippen LogP contribution in [0.2, 0.25) is 5.02 Å². The highest BCUT2D eigenvalue weighted by atomic mass is 35.5. The van der Waals surface area contributed by atoms with E-state index in [0.29, 0.717) is 11.4 Å². The molecule has 0 saturated carbocycles. The average Bonchev–Trinajstić information content (AvgIpc) is 3.13. The van der Waals surface area contributed by atoms with E-state index in [-0.39, 0.29) is 47.3 Å². The standard InChI is InChI=1S/C33H32ClF2N7O4/c1-7-20(45)41-12-18-32(46)39-28-23-29(24(34)22(25(28)36)21-17(35)9-8-10-19(21)44)43(33(47)40-31(23)42(18)11-16(41)6)30-26(14(2)3)37-13-38-27(30)15(4)5/h7-10,13-16,18,44H,1,11-12H2,2-6H3,(H,39,46). The Morgan fingerprint density at radius 1 is 1.11 bits per heavy atom. The van der Waals surface area contributed by atoms with Crippen molar-refractivity contribution in [2.75, 3.05) is 23.3 Å². The van der Waals surface area contributed by atoms with Crippen molar-refractivity contribution in [2.24, 2.45) is 0 Å². The van der Waals surface area contributed by atoms with Crippen molar-refractivity contribution in [1.82, 2.24) is 24.4 Å². The molecule has 2 amide bonds. The van der Waals surface area contributed by atoms with Crippen molar-refractivity contribution >= 4 is 45.8 Å². The number of amides is 2. The van der Waals surface area contributed by atoms with Crippen LogP contribution in [-0.2, 0) is 9.59 Å². The lowest BCUT2D eigenvalue weighted by atomic mass is 9.97. The van der Waals surface area contributed by atoms with Crippen molar-refractivity contribution in [3.8, 4) is 22.6 Å². The van der Waals surface area contributed by atoms with Crippen LogP contribution in [0.4, 0.5) is 20.3 Å². The molecule has 2 unspecified atom stereocenters. The van der Waals surface area contributed by atoms with Gasteiger partial charge >= 0.3 is 5.69 Å². The molecule has 2 aromatic carbocycles. The van der Waals surface area contributed by atoms with Gasteiger partial charge in [-0.3, -0.25) is 14.2 Å². The molecule has 2 N–H and O–H groups in total. The van der Waals surface area contributed by atoms with Crippen LogP contribution in [0.1, 0.15) is 57.8 Å². The molecule has 14 heteroatoms. The van der Waals surface area contributed by atoms with E-state index in [2.05, 4.69) is 26.8 Å². The van der Waals surface area contributed by atoms with E-state index in [1.165, 1.54) is 27.9 Å². The van der Waals surface area contributed by atoms with Crippen molar-refractivity contribution in [3.05, 3.63) is 75.7 Å². The zero-order chi connectivity index (χ0) is 34.1. The predicted octanol–water partition coefficient (Wildman–Crippen LogP) is 5.27. The third-order valence-electron chi connectivity index (χ3n) is 8.65. The van der Waals surface area contributed by atoms with E-state index in [1.807, 2.05) is 27.7 Å². The highest BCUT2D eigenvalue weighted by Gasteiger charge is 2.43. The smallest absolute Gasteiger partial charge is 0.354 e. The van der Waals surface area contributed by atoms with Crippen LogP contribution in [0.25, 0.3) is 27.7 Å². The average molecular weight is 664 g/mol. The molecular formula is C33H32ClF2N7O4. The number of phenols is 1. The summed E-state index contributed by atoms with van der Waals surface area (Å²) in [6.45, 7) is 12.8. The Balaban J connectivity index is 1.81. The van der Waals surface area contributed by atoms with Crippen LogP contribution < -0.4 is 15.9 Å². The maximum atomic E-state index is 16.9. The number of nitrogens with one attached hydrogen (secondary N) is 1. The Labute approximate surface area is 273 Å². The third kappa shape index (κ3) is 4.91. The number of phenolic OH excluding ortho intramolecular Hbond substituents is 1. The van der Waals surface area contributed by atoms with Crippen LogP contribution >= 0.6 is 11.6 Å². The lowest BCUT2D eigenvalue weighted by molar-refractivity contribution is -0.130. The number of aromatic nitrogens is 4. The Hall–Kier alpha value is -4.91. The number of piperazine rings is 1. The minimum atomic E-state index is -1.14. The summed E-state index contributed by atoms with van der Waals surface area (Å²) < 4.78 is 33.5. The zero-order valence-corrected chi connectivity index (χ0v) is 27.1. The Kier molecular flexibility index (Phi) is 7.99. The molecule has 1 saturated heterocycles. The molecule has 2 aliphatic rings. The fraction of sp³-hybridized carbons (Fsp3) is 0.333. The van der Waals surface area contributed by atoms with E-state index in [9.17, 15) is 19.5 Å². The van der Waals surface area contributed by atoms with Gasteiger partial charge in [-0.2, -0.15) is 4.98 Å². The molecule has 0 aliphatic carbocycles. The summed E-state index contributed by atoms with van der Waals surface area (Å²) in [5, 5.41) is 13.0. The van der Waals surface area contributed by atoms with Gasteiger partial charge in [0.15, 0.2) is 5.82 Å². The molecule has 4 aromatic rings.